The van der Waals surface area contributed by atoms with Gasteiger partial charge in [0.25, 0.3) is 15.9 Å². The van der Waals surface area contributed by atoms with Crippen LogP contribution in [-0.2, 0) is 10.0 Å². The average molecular weight is 509 g/mol. The van der Waals surface area contributed by atoms with Crippen LogP contribution in [0.5, 0.6) is 11.5 Å². The Morgan fingerprint density at radius 2 is 1.66 bits per heavy atom. The number of benzene rings is 3. The van der Waals surface area contributed by atoms with E-state index in [1.807, 2.05) is 0 Å². The average Bonchev–Trinajstić information content (AvgIpc) is 2.81. The summed E-state index contributed by atoms with van der Waals surface area (Å²) < 4.78 is 81.2. The van der Waals surface area contributed by atoms with Gasteiger partial charge in [-0.2, -0.15) is 4.39 Å². The molecular weight excluding hydrogens is 485 g/mol. The zero-order chi connectivity index (χ0) is 25.9. The second-order valence-electron chi connectivity index (χ2n) is 7.49. The molecule has 0 aliphatic heterocycles. The molecule has 0 aliphatic rings. The molecular formula is C24H23F3N2O5S. The predicted molar refractivity (Wildman–Crippen MR) is 125 cm³/mol. The van der Waals surface area contributed by atoms with Crippen molar-refractivity contribution in [1.29, 1.82) is 0 Å². The molecule has 2 N–H and O–H groups in total. The smallest absolute Gasteiger partial charge is 0.265 e. The van der Waals surface area contributed by atoms with Crippen molar-refractivity contribution in [1.82, 2.24) is 0 Å². The maximum Gasteiger partial charge on any atom is 0.265 e. The van der Waals surface area contributed by atoms with Gasteiger partial charge >= 0.3 is 0 Å². The third-order valence-corrected chi connectivity index (χ3v) is 6.45. The summed E-state index contributed by atoms with van der Waals surface area (Å²) in [4.78, 5) is 12.4. The Morgan fingerprint density at radius 1 is 1.00 bits per heavy atom. The highest BCUT2D eigenvalue weighted by Gasteiger charge is 2.26. The van der Waals surface area contributed by atoms with E-state index in [-0.39, 0.29) is 22.9 Å². The topological polar surface area (TPSA) is 93.7 Å². The van der Waals surface area contributed by atoms with E-state index in [0.717, 1.165) is 6.07 Å². The molecule has 0 aromatic heterocycles. The second kappa shape index (κ2) is 10.3. The van der Waals surface area contributed by atoms with Crippen LogP contribution >= 0.6 is 0 Å². The van der Waals surface area contributed by atoms with Crippen molar-refractivity contribution in [3.05, 3.63) is 76.6 Å². The minimum Gasteiger partial charge on any atom is -0.495 e. The molecule has 0 radical (unpaired) electrons. The molecule has 7 nitrogen and oxygen atoms in total. The van der Waals surface area contributed by atoms with Crippen molar-refractivity contribution >= 4 is 27.3 Å². The minimum atomic E-state index is -4.19. The Morgan fingerprint density at radius 3 is 2.26 bits per heavy atom. The molecule has 1 amide bonds. The first-order valence-corrected chi connectivity index (χ1v) is 11.9. The van der Waals surface area contributed by atoms with Gasteiger partial charge in [0.1, 0.15) is 10.6 Å². The Hall–Kier alpha value is -3.73. The van der Waals surface area contributed by atoms with Crippen LogP contribution in [0.3, 0.4) is 0 Å². The van der Waals surface area contributed by atoms with E-state index in [1.165, 1.54) is 26.2 Å². The quantitative estimate of drug-likeness (QED) is 0.409. The molecule has 0 spiro atoms. The van der Waals surface area contributed by atoms with E-state index in [2.05, 4.69) is 10.0 Å². The molecule has 0 unspecified atom stereocenters. The Balaban J connectivity index is 1.99. The van der Waals surface area contributed by atoms with Crippen LogP contribution in [-0.4, -0.2) is 28.0 Å². The summed E-state index contributed by atoms with van der Waals surface area (Å²) in [5.74, 6) is -6.60. The van der Waals surface area contributed by atoms with Crippen molar-refractivity contribution in [2.45, 2.75) is 25.7 Å². The molecule has 11 heteroatoms. The van der Waals surface area contributed by atoms with Crippen LogP contribution in [0.4, 0.5) is 24.5 Å². The third-order valence-electron chi connectivity index (χ3n) is 5.08. The summed E-state index contributed by atoms with van der Waals surface area (Å²) in [5, 5.41) is 2.29. The predicted octanol–water partition coefficient (Wildman–Crippen LogP) is 5.18. The maximum atomic E-state index is 14.6. The summed E-state index contributed by atoms with van der Waals surface area (Å²) in [5.41, 5.74) is 0.893. The van der Waals surface area contributed by atoms with E-state index in [4.69, 9.17) is 9.47 Å². The highest BCUT2D eigenvalue weighted by Crippen LogP contribution is 2.32. The van der Waals surface area contributed by atoms with Gasteiger partial charge in [-0.3, -0.25) is 9.52 Å². The number of halogens is 3. The summed E-state index contributed by atoms with van der Waals surface area (Å²) in [6.07, 6.45) is 0. The lowest BCUT2D eigenvalue weighted by Gasteiger charge is -2.16. The lowest BCUT2D eigenvalue weighted by Crippen LogP contribution is -2.18. The largest absolute Gasteiger partial charge is 0.495 e. The molecule has 0 heterocycles. The second-order valence-corrected chi connectivity index (χ2v) is 9.14. The Kier molecular flexibility index (Phi) is 7.59. The molecule has 35 heavy (non-hydrogen) atoms. The minimum absolute atomic E-state index is 0.0145. The fourth-order valence-electron chi connectivity index (χ4n) is 3.34. The van der Waals surface area contributed by atoms with Crippen LogP contribution in [0.2, 0.25) is 0 Å². The third kappa shape index (κ3) is 5.35. The number of hydrogen-bond acceptors (Lipinski definition) is 5. The number of methoxy groups -OCH3 is 1. The molecule has 186 valence electrons. The number of sulfonamides is 1. The zero-order valence-corrected chi connectivity index (χ0v) is 20.1. The van der Waals surface area contributed by atoms with Crippen LogP contribution in [0.15, 0.2) is 47.4 Å². The molecule has 0 saturated heterocycles. The summed E-state index contributed by atoms with van der Waals surface area (Å²) in [7, 11) is -2.91. The molecule has 0 saturated carbocycles. The number of carbonyl (C=O) groups excluding carboxylic acids is 1. The maximum absolute atomic E-state index is 14.6. The van der Waals surface area contributed by atoms with Crippen LogP contribution < -0.4 is 19.5 Å². The van der Waals surface area contributed by atoms with Gasteiger partial charge in [0.2, 0.25) is 5.82 Å². The lowest BCUT2D eigenvalue weighted by molar-refractivity contribution is 0.102. The van der Waals surface area contributed by atoms with Crippen molar-refractivity contribution < 1.29 is 35.9 Å². The zero-order valence-electron chi connectivity index (χ0n) is 19.3. The van der Waals surface area contributed by atoms with E-state index in [9.17, 15) is 26.4 Å². The van der Waals surface area contributed by atoms with E-state index < -0.39 is 44.7 Å². The SMILES string of the molecule is CCOc1c(F)c(F)cc(C(=O)Nc2ccc(OC)c(S(=O)(=O)Nc3c(C)cccc3C)c2)c1F. The van der Waals surface area contributed by atoms with Crippen molar-refractivity contribution in [2.24, 2.45) is 0 Å². The number of hydrogen-bond donors (Lipinski definition) is 2. The van der Waals surface area contributed by atoms with Gasteiger partial charge in [0, 0.05) is 5.69 Å². The molecule has 0 aliphatic carbocycles. The normalized spacial score (nSPS) is 11.2. The Labute approximate surface area is 200 Å². The first kappa shape index (κ1) is 25.9. The van der Waals surface area contributed by atoms with Gasteiger partial charge in [-0.1, -0.05) is 18.2 Å². The van der Waals surface area contributed by atoms with E-state index >= 15 is 0 Å². The number of anilines is 2. The van der Waals surface area contributed by atoms with Crippen molar-refractivity contribution in [3.63, 3.8) is 0 Å². The molecule has 0 atom stereocenters. The molecule has 0 fully saturated rings. The van der Waals surface area contributed by atoms with Gasteiger partial charge in [-0.05, 0) is 56.2 Å². The van der Waals surface area contributed by atoms with Gasteiger partial charge in [0.05, 0.1) is 25.0 Å². The van der Waals surface area contributed by atoms with E-state index in [1.54, 1.807) is 32.0 Å². The number of amides is 1. The number of nitrogens with one attached hydrogen (secondary N) is 2. The highest BCUT2D eigenvalue weighted by atomic mass is 32.2. The van der Waals surface area contributed by atoms with Crippen molar-refractivity contribution in [3.8, 4) is 11.5 Å². The number of aryl methyl sites for hydroxylation is 2. The van der Waals surface area contributed by atoms with E-state index in [0.29, 0.717) is 22.9 Å². The lowest BCUT2D eigenvalue weighted by atomic mass is 10.1. The van der Waals surface area contributed by atoms with Gasteiger partial charge < -0.3 is 14.8 Å². The highest BCUT2D eigenvalue weighted by molar-refractivity contribution is 7.92. The van der Waals surface area contributed by atoms with Crippen LogP contribution in [0, 0.1) is 31.3 Å². The standard InChI is InChI=1S/C24H23F3N2O5S/c1-5-34-23-20(26)16(12-17(25)21(23)27)24(30)28-15-9-10-18(33-4)19(11-15)35(31,32)29-22-13(2)7-6-8-14(22)3/h6-12,29H,5H2,1-4H3,(H,28,30). The summed E-state index contributed by atoms with van der Waals surface area (Å²) >= 11 is 0. The number of carbonyl (C=O) groups is 1. The number of ether oxygens (including phenoxy) is 2. The molecule has 3 aromatic carbocycles. The first-order chi connectivity index (χ1) is 16.5. The first-order valence-electron chi connectivity index (χ1n) is 10.4. The van der Waals surface area contributed by atoms with Crippen LogP contribution in [0.25, 0.3) is 0 Å². The van der Waals surface area contributed by atoms with Gasteiger partial charge in [0.15, 0.2) is 17.4 Å². The number of para-hydroxylation sites is 1. The van der Waals surface area contributed by atoms with Crippen molar-refractivity contribution in [2.75, 3.05) is 23.8 Å². The fourth-order valence-corrected chi connectivity index (χ4v) is 4.74. The van der Waals surface area contributed by atoms with Crippen LogP contribution in [0.1, 0.15) is 28.4 Å². The summed E-state index contributed by atoms with van der Waals surface area (Å²) in [6, 6.07) is 9.38. The number of rotatable bonds is 8. The molecule has 3 aromatic rings. The molecule has 0 bridgehead atoms. The fraction of sp³-hybridized carbons (Fsp3) is 0.208. The Bertz CT molecular complexity index is 1370. The monoisotopic (exact) mass is 508 g/mol. The van der Waals surface area contributed by atoms with Gasteiger partial charge in [-0.15, -0.1) is 0 Å². The summed E-state index contributed by atoms with van der Waals surface area (Å²) in [6.45, 7) is 4.76. The van der Waals surface area contributed by atoms with Gasteiger partial charge in [-0.25, -0.2) is 17.2 Å². The molecule has 3 rings (SSSR count).